The minimum absolute atomic E-state index is 0.643. The van der Waals surface area contributed by atoms with Gasteiger partial charge in [0.25, 0.3) is 0 Å². The van der Waals surface area contributed by atoms with Crippen LogP contribution < -0.4 is 10.1 Å². The van der Waals surface area contributed by atoms with E-state index in [4.69, 9.17) is 4.74 Å². The topological polar surface area (TPSA) is 47.0 Å². The zero-order valence-electron chi connectivity index (χ0n) is 10.8. The van der Waals surface area contributed by atoms with Crippen molar-refractivity contribution in [2.45, 2.75) is 26.2 Å². The Hall–Kier alpha value is -0.970. The Morgan fingerprint density at radius 3 is 2.82 bits per heavy atom. The number of methoxy groups -OCH3 is 1. The third-order valence-electron chi connectivity index (χ3n) is 2.55. The highest BCUT2D eigenvalue weighted by Crippen LogP contribution is 2.19. The van der Waals surface area contributed by atoms with Crippen LogP contribution in [0, 0.1) is 6.92 Å². The number of aromatic nitrogens is 2. The van der Waals surface area contributed by atoms with Crippen LogP contribution in [0.25, 0.3) is 0 Å². The number of hydrogen-bond acceptors (Lipinski definition) is 5. The van der Waals surface area contributed by atoms with Crippen molar-refractivity contribution < 1.29 is 4.74 Å². The van der Waals surface area contributed by atoms with Gasteiger partial charge in [-0.05, 0) is 31.8 Å². The fourth-order valence-electron chi connectivity index (χ4n) is 1.57. The van der Waals surface area contributed by atoms with E-state index in [1.165, 1.54) is 31.3 Å². The smallest absolute Gasteiger partial charge is 0.221 e. The third-order valence-corrected chi connectivity index (χ3v) is 3.25. The minimum atomic E-state index is 0.643. The summed E-state index contributed by atoms with van der Waals surface area (Å²) in [6.45, 7) is 2.92. The summed E-state index contributed by atoms with van der Waals surface area (Å²) in [7, 11) is 1.63. The van der Waals surface area contributed by atoms with Crippen LogP contribution in [0.2, 0.25) is 0 Å². The van der Waals surface area contributed by atoms with Gasteiger partial charge in [-0.25, -0.2) is 9.97 Å². The maximum Gasteiger partial charge on any atom is 0.221 e. The van der Waals surface area contributed by atoms with Crippen molar-refractivity contribution in [2.24, 2.45) is 0 Å². The second-order valence-corrected chi connectivity index (χ2v) is 4.82. The van der Waals surface area contributed by atoms with E-state index >= 15 is 0 Å². The number of ether oxygens (including phenoxy) is 1. The van der Waals surface area contributed by atoms with E-state index < -0.39 is 0 Å². The fraction of sp³-hybridized carbons (Fsp3) is 0.667. The first kappa shape index (κ1) is 14.1. The Balaban J connectivity index is 2.31. The summed E-state index contributed by atoms with van der Waals surface area (Å²) >= 11 is 1.91. The van der Waals surface area contributed by atoms with Gasteiger partial charge >= 0.3 is 0 Å². The lowest BCUT2D eigenvalue weighted by Crippen LogP contribution is -2.06. The molecule has 0 unspecified atom stereocenters. The van der Waals surface area contributed by atoms with Crippen molar-refractivity contribution in [3.05, 3.63) is 11.9 Å². The first-order valence-corrected chi connectivity index (χ1v) is 7.27. The molecule has 96 valence electrons. The molecule has 0 aliphatic heterocycles. The predicted molar refractivity (Wildman–Crippen MR) is 74.0 cm³/mol. The molecule has 1 aromatic heterocycles. The first-order valence-electron chi connectivity index (χ1n) is 5.88. The largest absolute Gasteiger partial charge is 0.481 e. The molecule has 5 heteroatoms. The Bertz CT molecular complexity index is 334. The van der Waals surface area contributed by atoms with E-state index in [2.05, 4.69) is 21.5 Å². The average Bonchev–Trinajstić information content (AvgIpc) is 2.35. The van der Waals surface area contributed by atoms with Crippen molar-refractivity contribution in [3.63, 3.8) is 0 Å². The van der Waals surface area contributed by atoms with Crippen molar-refractivity contribution in [2.75, 3.05) is 31.0 Å². The zero-order valence-corrected chi connectivity index (χ0v) is 11.6. The molecule has 0 spiro atoms. The quantitative estimate of drug-likeness (QED) is 0.724. The number of nitrogens with one attached hydrogen (secondary N) is 1. The number of anilines is 1. The molecule has 1 N–H and O–H groups in total. The predicted octanol–water partition coefficient (Wildman–Crippen LogP) is 2.74. The first-order chi connectivity index (χ1) is 8.29. The Morgan fingerprint density at radius 2 is 2.12 bits per heavy atom. The van der Waals surface area contributed by atoms with E-state index in [9.17, 15) is 0 Å². The Morgan fingerprint density at radius 1 is 1.29 bits per heavy atom. The molecule has 0 fully saturated rings. The molecule has 0 aliphatic carbocycles. The Labute approximate surface area is 108 Å². The summed E-state index contributed by atoms with van der Waals surface area (Å²) < 4.78 is 5.15. The highest BCUT2D eigenvalue weighted by Gasteiger charge is 2.05. The standard InChI is InChI=1S/C12H21N3OS/c1-10-11(14-9-15-12(10)16-2)13-7-5-4-6-8-17-3/h9H,4-8H2,1-3H3,(H,13,14,15). The van der Waals surface area contributed by atoms with Gasteiger partial charge in [0.05, 0.1) is 12.7 Å². The van der Waals surface area contributed by atoms with E-state index in [0.29, 0.717) is 5.88 Å². The number of unbranched alkanes of at least 4 members (excludes halogenated alkanes) is 2. The molecule has 0 atom stereocenters. The van der Waals surface area contributed by atoms with Crippen LogP contribution in [0.3, 0.4) is 0 Å². The van der Waals surface area contributed by atoms with Crippen molar-refractivity contribution in [1.82, 2.24) is 9.97 Å². The lowest BCUT2D eigenvalue weighted by Gasteiger charge is -2.10. The molecule has 4 nitrogen and oxygen atoms in total. The van der Waals surface area contributed by atoms with Crippen LogP contribution in [-0.2, 0) is 0 Å². The molecular weight excluding hydrogens is 234 g/mol. The van der Waals surface area contributed by atoms with Crippen LogP contribution in [-0.4, -0.2) is 35.6 Å². The van der Waals surface area contributed by atoms with E-state index in [1.807, 2.05) is 18.7 Å². The van der Waals surface area contributed by atoms with Crippen LogP contribution in [0.5, 0.6) is 5.88 Å². The summed E-state index contributed by atoms with van der Waals surface area (Å²) in [4.78, 5) is 8.26. The van der Waals surface area contributed by atoms with Gasteiger partial charge in [-0.15, -0.1) is 0 Å². The molecule has 1 heterocycles. The van der Waals surface area contributed by atoms with Gasteiger partial charge in [0, 0.05) is 6.54 Å². The fourth-order valence-corrected chi connectivity index (χ4v) is 2.07. The average molecular weight is 255 g/mol. The summed E-state index contributed by atoms with van der Waals surface area (Å²) in [5.41, 5.74) is 0.971. The van der Waals surface area contributed by atoms with Crippen LogP contribution in [0.4, 0.5) is 5.82 Å². The van der Waals surface area contributed by atoms with Gasteiger partial charge in [0.1, 0.15) is 12.1 Å². The van der Waals surface area contributed by atoms with Gasteiger partial charge < -0.3 is 10.1 Å². The molecule has 0 saturated heterocycles. The minimum Gasteiger partial charge on any atom is -0.481 e. The molecule has 0 aromatic carbocycles. The Kier molecular flexibility index (Phi) is 6.77. The number of rotatable bonds is 8. The van der Waals surface area contributed by atoms with Gasteiger partial charge in [-0.3, -0.25) is 0 Å². The summed E-state index contributed by atoms with van der Waals surface area (Å²) in [5.74, 6) is 2.77. The third kappa shape index (κ3) is 4.81. The van der Waals surface area contributed by atoms with Crippen molar-refractivity contribution in [3.8, 4) is 5.88 Å². The zero-order chi connectivity index (χ0) is 12.5. The number of hydrogen-bond donors (Lipinski definition) is 1. The lowest BCUT2D eigenvalue weighted by atomic mass is 10.2. The van der Waals surface area contributed by atoms with Crippen molar-refractivity contribution >= 4 is 17.6 Å². The molecule has 0 bridgehead atoms. The van der Waals surface area contributed by atoms with E-state index in [0.717, 1.165) is 17.9 Å². The normalized spacial score (nSPS) is 10.3. The molecule has 0 radical (unpaired) electrons. The second-order valence-electron chi connectivity index (χ2n) is 3.84. The van der Waals surface area contributed by atoms with Gasteiger partial charge in [-0.1, -0.05) is 6.42 Å². The summed E-state index contributed by atoms with van der Waals surface area (Å²) in [6.07, 6.45) is 7.40. The van der Waals surface area contributed by atoms with Gasteiger partial charge in [-0.2, -0.15) is 11.8 Å². The molecule has 0 aliphatic rings. The van der Waals surface area contributed by atoms with Gasteiger partial charge in [0.2, 0.25) is 5.88 Å². The second kappa shape index (κ2) is 8.17. The maximum absolute atomic E-state index is 5.15. The summed E-state index contributed by atoms with van der Waals surface area (Å²) in [5, 5.41) is 3.33. The molecule has 1 rings (SSSR count). The molecular formula is C12H21N3OS. The summed E-state index contributed by atoms with van der Waals surface area (Å²) in [6, 6.07) is 0. The molecule has 1 aromatic rings. The number of thioether (sulfide) groups is 1. The molecule has 17 heavy (non-hydrogen) atoms. The van der Waals surface area contributed by atoms with Gasteiger partial charge in [0.15, 0.2) is 0 Å². The van der Waals surface area contributed by atoms with E-state index in [-0.39, 0.29) is 0 Å². The highest BCUT2D eigenvalue weighted by molar-refractivity contribution is 7.98. The maximum atomic E-state index is 5.15. The SMILES string of the molecule is COc1ncnc(NCCCCCSC)c1C. The highest BCUT2D eigenvalue weighted by atomic mass is 32.2. The monoisotopic (exact) mass is 255 g/mol. The lowest BCUT2D eigenvalue weighted by molar-refractivity contribution is 0.393. The van der Waals surface area contributed by atoms with Crippen molar-refractivity contribution in [1.29, 1.82) is 0 Å². The van der Waals surface area contributed by atoms with E-state index in [1.54, 1.807) is 7.11 Å². The molecule has 0 saturated carbocycles. The van der Waals surface area contributed by atoms with Crippen LogP contribution in [0.1, 0.15) is 24.8 Å². The van der Waals surface area contributed by atoms with Crippen LogP contribution in [0.15, 0.2) is 6.33 Å². The molecule has 0 amide bonds. The number of nitrogens with zero attached hydrogens (tertiary/aromatic N) is 2. The van der Waals surface area contributed by atoms with Crippen LogP contribution >= 0.6 is 11.8 Å².